The lowest BCUT2D eigenvalue weighted by atomic mass is 9.76. The highest BCUT2D eigenvalue weighted by molar-refractivity contribution is 6.01. The number of likely N-dealkylation sites (tertiary alicyclic amines) is 1. The maximum Gasteiger partial charge on any atom is 0.282 e. The van der Waals surface area contributed by atoms with Crippen molar-refractivity contribution in [2.24, 2.45) is 17.8 Å². The molecule has 3 aliphatic rings. The molecule has 8 heteroatoms. The maximum absolute atomic E-state index is 15.9. The predicted molar refractivity (Wildman–Crippen MR) is 127 cm³/mol. The molecule has 5 nitrogen and oxygen atoms in total. The van der Waals surface area contributed by atoms with Crippen LogP contribution in [0, 0.1) is 23.6 Å². The van der Waals surface area contributed by atoms with Crippen molar-refractivity contribution in [1.29, 1.82) is 0 Å². The molecule has 182 valence electrons. The molecular formula is C26H31F3N4O. The molecule has 2 atom stereocenters. The van der Waals surface area contributed by atoms with Gasteiger partial charge in [-0.25, -0.2) is 13.2 Å². The van der Waals surface area contributed by atoms with Gasteiger partial charge in [0.05, 0.1) is 30.0 Å². The highest BCUT2D eigenvalue weighted by atomic mass is 19.3. The van der Waals surface area contributed by atoms with Gasteiger partial charge in [0.2, 0.25) is 0 Å². The number of amides is 1. The molecular weight excluding hydrogens is 441 g/mol. The van der Waals surface area contributed by atoms with E-state index in [1.165, 1.54) is 44.1 Å². The molecule has 2 aromatic rings. The van der Waals surface area contributed by atoms with E-state index in [4.69, 9.17) is 0 Å². The number of nitrogens with zero attached hydrogens (tertiary/aromatic N) is 3. The van der Waals surface area contributed by atoms with Crippen molar-refractivity contribution < 1.29 is 18.0 Å². The monoisotopic (exact) mass is 472 g/mol. The van der Waals surface area contributed by atoms with E-state index >= 15 is 4.39 Å². The second-order valence-corrected chi connectivity index (χ2v) is 10.3. The van der Waals surface area contributed by atoms with Crippen LogP contribution in [0.15, 0.2) is 30.6 Å². The number of pyridine rings is 1. The second kappa shape index (κ2) is 8.47. The van der Waals surface area contributed by atoms with E-state index in [0.717, 1.165) is 16.5 Å². The molecule has 0 bridgehead atoms. The average molecular weight is 473 g/mol. The fourth-order valence-corrected chi connectivity index (χ4v) is 5.80. The molecule has 1 saturated carbocycles. The normalized spacial score (nSPS) is 26.5. The summed E-state index contributed by atoms with van der Waals surface area (Å²) in [5.74, 6) is -2.13. The number of carbonyl (C=O) groups excluding carboxylic acids is 1. The van der Waals surface area contributed by atoms with Gasteiger partial charge in [-0.2, -0.15) is 0 Å². The van der Waals surface area contributed by atoms with Gasteiger partial charge >= 0.3 is 0 Å². The van der Waals surface area contributed by atoms with Gasteiger partial charge in [0.15, 0.2) is 5.82 Å². The summed E-state index contributed by atoms with van der Waals surface area (Å²) in [5.41, 5.74) is 1.93. The van der Waals surface area contributed by atoms with Gasteiger partial charge in [-0.05, 0) is 48.8 Å². The zero-order chi connectivity index (χ0) is 24.2. The van der Waals surface area contributed by atoms with E-state index in [0.29, 0.717) is 23.1 Å². The fourth-order valence-electron chi connectivity index (χ4n) is 5.80. The molecule has 1 aromatic carbocycles. The Bertz CT molecular complexity index is 1090. The third-order valence-corrected chi connectivity index (χ3v) is 7.96. The summed E-state index contributed by atoms with van der Waals surface area (Å²) >= 11 is 0. The van der Waals surface area contributed by atoms with Crippen molar-refractivity contribution in [3.63, 3.8) is 0 Å². The van der Waals surface area contributed by atoms with Gasteiger partial charge in [-0.3, -0.25) is 9.78 Å². The number of benzene rings is 1. The van der Waals surface area contributed by atoms with Crippen molar-refractivity contribution in [3.8, 4) is 11.1 Å². The van der Waals surface area contributed by atoms with Crippen LogP contribution >= 0.6 is 0 Å². The largest absolute Gasteiger partial charge is 0.363 e. The van der Waals surface area contributed by atoms with E-state index in [2.05, 4.69) is 24.1 Å². The van der Waals surface area contributed by atoms with Crippen LogP contribution in [-0.4, -0.2) is 48.0 Å². The Labute approximate surface area is 198 Å². The summed E-state index contributed by atoms with van der Waals surface area (Å²) in [7, 11) is 1.90. The second-order valence-electron chi connectivity index (χ2n) is 10.3. The topological polar surface area (TPSA) is 48.5 Å². The Balaban J connectivity index is 1.42. The molecule has 5 rings (SSSR count). The summed E-state index contributed by atoms with van der Waals surface area (Å²) < 4.78 is 42.6. The minimum Gasteiger partial charge on any atom is -0.363 e. The molecule has 34 heavy (non-hydrogen) atoms. The Morgan fingerprint density at radius 2 is 1.85 bits per heavy atom. The number of alkyl halides is 2. The smallest absolute Gasteiger partial charge is 0.282 e. The first-order valence-electron chi connectivity index (χ1n) is 12.1. The molecule has 1 unspecified atom stereocenters. The lowest BCUT2D eigenvalue weighted by Gasteiger charge is -2.39. The summed E-state index contributed by atoms with van der Waals surface area (Å²) in [6.45, 7) is 3.30. The summed E-state index contributed by atoms with van der Waals surface area (Å²) in [5, 5.41) is 3.51. The van der Waals surface area contributed by atoms with Crippen molar-refractivity contribution in [3.05, 3.63) is 42.0 Å². The van der Waals surface area contributed by atoms with Gasteiger partial charge in [-0.1, -0.05) is 26.7 Å². The zero-order valence-corrected chi connectivity index (χ0v) is 19.8. The Morgan fingerprint density at radius 1 is 1.15 bits per heavy atom. The van der Waals surface area contributed by atoms with Crippen LogP contribution in [-0.2, 0) is 0 Å². The molecule has 1 aromatic heterocycles. The first kappa shape index (κ1) is 23.0. The van der Waals surface area contributed by atoms with Crippen LogP contribution in [0.25, 0.3) is 11.1 Å². The molecule has 2 aliphatic heterocycles. The van der Waals surface area contributed by atoms with Gasteiger partial charge in [0.1, 0.15) is 6.17 Å². The Kier molecular flexibility index (Phi) is 5.73. The lowest BCUT2D eigenvalue weighted by molar-refractivity contribution is -0.113. The van der Waals surface area contributed by atoms with Gasteiger partial charge < -0.3 is 15.1 Å². The zero-order valence-electron chi connectivity index (χ0n) is 19.8. The minimum absolute atomic E-state index is 0.0172. The van der Waals surface area contributed by atoms with E-state index in [1.807, 2.05) is 18.0 Å². The summed E-state index contributed by atoms with van der Waals surface area (Å²) in [4.78, 5) is 20.0. The molecule has 1 aliphatic carbocycles. The number of anilines is 2. The standard InChI is InChI=1S/C26H31F3N4O/c1-15-4-6-17(7-5-15)16(2)24-31-21-9-8-18(22(27)23(21)32(24)3)20-12-30-11-10-19(20)25(34)33-13-26(28,29)14-33/h8-12,15-17,24,31H,4-7,13-14H2,1-3H3/t15?,16-,17?,24?/m0/s1. The Hall–Kier alpha value is -2.77. The highest BCUT2D eigenvalue weighted by Crippen LogP contribution is 2.45. The van der Waals surface area contributed by atoms with Crippen LogP contribution in [0.3, 0.4) is 0 Å². The molecule has 0 radical (unpaired) electrons. The number of hydrogen-bond donors (Lipinski definition) is 1. The van der Waals surface area contributed by atoms with Crippen LogP contribution in [0.2, 0.25) is 0 Å². The fraction of sp³-hybridized carbons (Fsp3) is 0.538. The van der Waals surface area contributed by atoms with Gasteiger partial charge in [0, 0.05) is 30.6 Å². The number of rotatable bonds is 4. The molecule has 1 amide bonds. The van der Waals surface area contributed by atoms with Gasteiger partial charge in [-0.15, -0.1) is 0 Å². The summed E-state index contributed by atoms with van der Waals surface area (Å²) in [6.07, 6.45) is 7.69. The number of halogens is 3. The maximum atomic E-state index is 15.9. The van der Waals surface area contributed by atoms with Crippen molar-refractivity contribution in [2.45, 2.75) is 51.6 Å². The Morgan fingerprint density at radius 3 is 2.53 bits per heavy atom. The number of aromatic nitrogens is 1. The number of carbonyl (C=O) groups is 1. The molecule has 1 saturated heterocycles. The summed E-state index contributed by atoms with van der Waals surface area (Å²) in [6, 6.07) is 4.94. The van der Waals surface area contributed by atoms with Gasteiger partial charge in [0.25, 0.3) is 11.8 Å². The van der Waals surface area contributed by atoms with Crippen molar-refractivity contribution in [1.82, 2.24) is 9.88 Å². The third-order valence-electron chi connectivity index (χ3n) is 7.96. The lowest BCUT2D eigenvalue weighted by Crippen LogP contribution is -2.58. The van der Waals surface area contributed by atoms with E-state index < -0.39 is 30.7 Å². The molecule has 0 spiro atoms. The van der Waals surface area contributed by atoms with Crippen LogP contribution < -0.4 is 10.2 Å². The van der Waals surface area contributed by atoms with Crippen LogP contribution in [0.4, 0.5) is 24.5 Å². The highest BCUT2D eigenvalue weighted by Gasteiger charge is 2.47. The van der Waals surface area contributed by atoms with Crippen LogP contribution in [0.1, 0.15) is 49.9 Å². The molecule has 3 heterocycles. The predicted octanol–water partition coefficient (Wildman–Crippen LogP) is 5.63. The SMILES string of the molecule is CC1CCC([C@H](C)C2Nc3ccc(-c4cnccc4C(=O)N4CC(F)(F)C4)c(F)c3N2C)CC1. The van der Waals surface area contributed by atoms with E-state index in [9.17, 15) is 13.6 Å². The van der Waals surface area contributed by atoms with Crippen molar-refractivity contribution in [2.75, 3.05) is 30.4 Å². The van der Waals surface area contributed by atoms with E-state index in [-0.39, 0.29) is 17.3 Å². The molecule has 2 fully saturated rings. The first-order valence-corrected chi connectivity index (χ1v) is 12.1. The first-order chi connectivity index (χ1) is 16.2. The number of hydrogen-bond acceptors (Lipinski definition) is 4. The van der Waals surface area contributed by atoms with Crippen molar-refractivity contribution >= 4 is 17.3 Å². The van der Waals surface area contributed by atoms with Crippen LogP contribution in [0.5, 0.6) is 0 Å². The third kappa shape index (κ3) is 3.91. The molecule has 1 N–H and O–H groups in total. The number of nitrogens with one attached hydrogen (secondary N) is 1. The number of fused-ring (bicyclic) bond motifs is 1. The van der Waals surface area contributed by atoms with E-state index in [1.54, 1.807) is 6.07 Å². The quantitative estimate of drug-likeness (QED) is 0.627. The minimum atomic E-state index is -2.86. The average Bonchev–Trinajstić information content (AvgIpc) is 3.14.